The zero-order valence-electron chi connectivity index (χ0n) is 24.9. The van der Waals surface area contributed by atoms with Crippen molar-refractivity contribution in [2.75, 3.05) is 23.7 Å². The Morgan fingerprint density at radius 3 is 2.23 bits per heavy atom. The minimum atomic E-state index is -0.495. The first-order chi connectivity index (χ1) is 18.8. The van der Waals surface area contributed by atoms with Crippen molar-refractivity contribution < 1.29 is 14.3 Å². The molecule has 1 aliphatic rings. The van der Waals surface area contributed by atoms with Gasteiger partial charge in [0, 0.05) is 30.3 Å². The fraction of sp³-hybridized carbons (Fsp3) is 0.469. The number of anilines is 2. The highest BCUT2D eigenvalue weighted by Gasteiger charge is 2.27. The largest absolute Gasteiger partial charge is 0.444 e. The number of ether oxygens (including phenoxy) is 1. The highest BCUT2D eigenvalue weighted by Crippen LogP contribution is 2.28. The average molecular weight is 546 g/mol. The molecule has 0 saturated carbocycles. The van der Waals surface area contributed by atoms with Gasteiger partial charge in [0.15, 0.2) is 0 Å². The second-order valence-electron chi connectivity index (χ2n) is 12.8. The first kappa shape index (κ1) is 29.2. The normalized spacial score (nSPS) is 14.6. The Morgan fingerprint density at radius 1 is 0.950 bits per heavy atom. The van der Waals surface area contributed by atoms with Gasteiger partial charge in [-0.1, -0.05) is 56.7 Å². The first-order valence-corrected chi connectivity index (χ1v) is 14.1. The van der Waals surface area contributed by atoms with Crippen molar-refractivity contribution >= 4 is 23.6 Å². The number of nitrogens with zero attached hydrogens (tertiary/aromatic N) is 3. The SMILES string of the molecule is Cc1ccc(-n2nc(C(C)(C)C)cc2NC(=O)Nc2ccccc2CC2CCN(C(=O)OC(C)(C)C)CC2)cc1. The van der Waals surface area contributed by atoms with Gasteiger partial charge in [0.25, 0.3) is 0 Å². The minimum absolute atomic E-state index is 0.172. The number of hydrogen-bond donors (Lipinski definition) is 2. The minimum Gasteiger partial charge on any atom is -0.444 e. The summed E-state index contributed by atoms with van der Waals surface area (Å²) in [5, 5.41) is 10.9. The Hall–Kier alpha value is -3.81. The lowest BCUT2D eigenvalue weighted by atomic mass is 9.89. The summed E-state index contributed by atoms with van der Waals surface area (Å²) in [5.41, 5.74) is 4.13. The molecule has 4 rings (SSSR count). The Balaban J connectivity index is 1.43. The van der Waals surface area contributed by atoms with Gasteiger partial charge in [0.1, 0.15) is 11.4 Å². The Morgan fingerprint density at radius 2 is 1.60 bits per heavy atom. The summed E-state index contributed by atoms with van der Waals surface area (Å²) in [5.74, 6) is 1.03. The molecule has 8 nitrogen and oxygen atoms in total. The number of amides is 3. The van der Waals surface area contributed by atoms with Crippen molar-refractivity contribution in [3.8, 4) is 5.69 Å². The van der Waals surface area contributed by atoms with E-state index >= 15 is 0 Å². The standard InChI is InChI=1S/C32H43N5O3/c1-22-12-14-25(15-13-22)37-28(21-27(35-37)31(2,3)4)34-29(38)33-26-11-9-8-10-24(26)20-23-16-18-36(19-17-23)30(39)40-32(5,6)7/h8-15,21,23H,16-20H2,1-7H3,(H2,33,34,38). The molecule has 2 N–H and O–H groups in total. The van der Waals surface area contributed by atoms with E-state index in [1.165, 1.54) is 0 Å². The van der Waals surface area contributed by atoms with Crippen molar-refractivity contribution in [1.29, 1.82) is 0 Å². The molecule has 0 unspecified atom stereocenters. The average Bonchev–Trinajstić information content (AvgIpc) is 3.29. The lowest BCUT2D eigenvalue weighted by Gasteiger charge is -2.33. The third-order valence-electron chi connectivity index (χ3n) is 7.04. The summed E-state index contributed by atoms with van der Waals surface area (Å²) in [6, 6.07) is 17.6. The maximum atomic E-state index is 13.2. The van der Waals surface area contributed by atoms with Crippen LogP contribution in [0.25, 0.3) is 5.69 Å². The first-order valence-electron chi connectivity index (χ1n) is 14.1. The van der Waals surface area contributed by atoms with Gasteiger partial charge in [0.05, 0.1) is 11.4 Å². The van der Waals surface area contributed by atoms with Gasteiger partial charge in [-0.2, -0.15) is 5.10 Å². The lowest BCUT2D eigenvalue weighted by Crippen LogP contribution is -2.42. The molecule has 8 heteroatoms. The molecule has 0 spiro atoms. The van der Waals surface area contributed by atoms with Gasteiger partial charge >= 0.3 is 12.1 Å². The van der Waals surface area contributed by atoms with Crippen LogP contribution in [0.1, 0.15) is 71.2 Å². The van der Waals surface area contributed by atoms with E-state index in [1.54, 1.807) is 9.58 Å². The van der Waals surface area contributed by atoms with Crippen molar-refractivity contribution in [2.24, 2.45) is 5.92 Å². The van der Waals surface area contributed by atoms with E-state index < -0.39 is 5.60 Å². The van der Waals surface area contributed by atoms with Crippen LogP contribution < -0.4 is 10.6 Å². The number of likely N-dealkylation sites (tertiary alicyclic amines) is 1. The van der Waals surface area contributed by atoms with E-state index in [4.69, 9.17) is 9.84 Å². The van der Waals surface area contributed by atoms with Crippen molar-refractivity contribution in [3.05, 3.63) is 71.4 Å². The van der Waals surface area contributed by atoms with Gasteiger partial charge in [-0.25, -0.2) is 14.3 Å². The number of benzene rings is 2. The van der Waals surface area contributed by atoms with Crippen LogP contribution in [-0.2, 0) is 16.6 Å². The van der Waals surface area contributed by atoms with E-state index in [9.17, 15) is 9.59 Å². The summed E-state index contributed by atoms with van der Waals surface area (Å²) in [6.07, 6.45) is 2.37. The van der Waals surface area contributed by atoms with Gasteiger partial charge < -0.3 is 15.0 Å². The molecule has 40 heavy (non-hydrogen) atoms. The molecule has 1 saturated heterocycles. The van der Waals surface area contributed by atoms with Crippen LogP contribution in [0.15, 0.2) is 54.6 Å². The predicted molar refractivity (Wildman–Crippen MR) is 160 cm³/mol. The van der Waals surface area contributed by atoms with E-state index in [2.05, 4.69) is 37.5 Å². The summed E-state index contributed by atoms with van der Waals surface area (Å²) >= 11 is 0. The van der Waals surface area contributed by atoms with Crippen molar-refractivity contribution in [3.63, 3.8) is 0 Å². The fourth-order valence-electron chi connectivity index (χ4n) is 4.77. The second-order valence-corrected chi connectivity index (χ2v) is 12.8. The monoisotopic (exact) mass is 545 g/mol. The topological polar surface area (TPSA) is 88.5 Å². The zero-order valence-corrected chi connectivity index (χ0v) is 24.9. The van der Waals surface area contributed by atoms with Crippen molar-refractivity contribution in [1.82, 2.24) is 14.7 Å². The van der Waals surface area contributed by atoms with Gasteiger partial charge in [-0.3, -0.25) is 5.32 Å². The van der Waals surface area contributed by atoms with Crippen molar-refractivity contribution in [2.45, 2.75) is 78.7 Å². The number of hydrogen-bond acceptors (Lipinski definition) is 4. The van der Waals surface area contributed by atoms with Crippen LogP contribution in [0.3, 0.4) is 0 Å². The number of nitrogens with one attached hydrogen (secondary N) is 2. The lowest BCUT2D eigenvalue weighted by molar-refractivity contribution is 0.0184. The van der Waals surface area contributed by atoms with E-state index in [1.807, 2.05) is 76.2 Å². The molecule has 0 radical (unpaired) electrons. The number of carbonyl (C=O) groups excluding carboxylic acids is 2. The third-order valence-corrected chi connectivity index (χ3v) is 7.04. The molecule has 0 aliphatic carbocycles. The number of rotatable bonds is 5. The Labute approximate surface area is 238 Å². The molecular formula is C32H43N5O3. The van der Waals surface area contributed by atoms with Gasteiger partial charge in [-0.15, -0.1) is 0 Å². The quantitative estimate of drug-likeness (QED) is 0.352. The van der Waals surface area contributed by atoms with E-state index in [-0.39, 0.29) is 17.5 Å². The summed E-state index contributed by atoms with van der Waals surface area (Å²) < 4.78 is 7.31. The molecule has 214 valence electrons. The smallest absolute Gasteiger partial charge is 0.410 e. The van der Waals surface area contributed by atoms with Crippen LogP contribution in [0.2, 0.25) is 0 Å². The number of carbonyl (C=O) groups is 2. The molecule has 0 bridgehead atoms. The number of urea groups is 1. The molecule has 0 atom stereocenters. The summed E-state index contributed by atoms with van der Waals surface area (Å²) in [4.78, 5) is 27.5. The zero-order chi connectivity index (χ0) is 29.1. The number of aromatic nitrogens is 2. The molecule has 1 aromatic heterocycles. The molecular weight excluding hydrogens is 502 g/mol. The maximum absolute atomic E-state index is 13.2. The predicted octanol–water partition coefficient (Wildman–Crippen LogP) is 7.31. The number of para-hydroxylation sites is 1. The summed E-state index contributed by atoms with van der Waals surface area (Å²) in [6.45, 7) is 15.4. The van der Waals surface area contributed by atoms with Crippen LogP contribution in [0.4, 0.5) is 21.1 Å². The Bertz CT molecular complexity index is 1320. The molecule has 1 fully saturated rings. The molecule has 2 heterocycles. The summed E-state index contributed by atoms with van der Waals surface area (Å²) in [7, 11) is 0. The molecule has 2 aromatic carbocycles. The third kappa shape index (κ3) is 7.64. The fourth-order valence-corrected chi connectivity index (χ4v) is 4.77. The highest BCUT2D eigenvalue weighted by molar-refractivity contribution is 6.00. The van der Waals surface area contributed by atoms with Gasteiger partial charge in [0.2, 0.25) is 0 Å². The number of piperidine rings is 1. The Kier molecular flexibility index (Phi) is 8.57. The van der Waals surface area contributed by atoms with Crippen LogP contribution in [0.5, 0.6) is 0 Å². The highest BCUT2D eigenvalue weighted by atomic mass is 16.6. The molecule has 3 amide bonds. The van der Waals surface area contributed by atoms with Gasteiger partial charge in [-0.05, 0) is 76.6 Å². The second kappa shape index (κ2) is 11.7. The molecule has 3 aromatic rings. The van der Waals surface area contributed by atoms with E-state index in [0.29, 0.717) is 24.8 Å². The van der Waals surface area contributed by atoms with Crippen LogP contribution in [0, 0.1) is 12.8 Å². The van der Waals surface area contributed by atoms with Crippen LogP contribution >= 0.6 is 0 Å². The molecule has 1 aliphatic heterocycles. The van der Waals surface area contributed by atoms with E-state index in [0.717, 1.165) is 47.5 Å². The maximum Gasteiger partial charge on any atom is 0.410 e. The van der Waals surface area contributed by atoms with Crippen LogP contribution in [-0.4, -0.2) is 45.5 Å². The number of aryl methyl sites for hydroxylation is 1.